The second-order valence-electron chi connectivity index (χ2n) is 6.51. The number of aromatic nitrogens is 2. The maximum atomic E-state index is 12.6. The van der Waals surface area contributed by atoms with Gasteiger partial charge in [0.05, 0.1) is 0 Å². The van der Waals surface area contributed by atoms with Gasteiger partial charge in [0.15, 0.2) is 0 Å². The predicted octanol–water partition coefficient (Wildman–Crippen LogP) is 0.829. The van der Waals surface area contributed by atoms with Crippen molar-refractivity contribution in [3.8, 4) is 11.4 Å². The maximum Gasteiger partial charge on any atom is 0.238 e. The standard InChI is InChI=1S/C19H25N5O2/c1-20-19(26)16-14-24(13-12-22(16)2)17(25)8-10-23-11-9-21-18(23)15-6-4-3-5-7-15/h3-7,9,11,16H,8,10,12-14H2,1-2H3,(H,20,26)/t16-/m1/s1. The number of amides is 2. The molecule has 7 heteroatoms. The zero-order valence-electron chi connectivity index (χ0n) is 15.3. The first-order valence-electron chi connectivity index (χ1n) is 8.86. The quantitative estimate of drug-likeness (QED) is 0.862. The van der Waals surface area contributed by atoms with Crippen LogP contribution >= 0.6 is 0 Å². The molecule has 2 amide bonds. The third-order valence-corrected chi connectivity index (χ3v) is 4.86. The van der Waals surface area contributed by atoms with Crippen molar-refractivity contribution in [2.45, 2.75) is 19.0 Å². The smallest absolute Gasteiger partial charge is 0.238 e. The molecule has 2 heterocycles. The Hall–Kier alpha value is -2.67. The lowest BCUT2D eigenvalue weighted by Crippen LogP contribution is -2.58. The van der Waals surface area contributed by atoms with Crippen LogP contribution in [0.2, 0.25) is 0 Å². The Morgan fingerprint density at radius 1 is 1.23 bits per heavy atom. The molecule has 138 valence electrons. The first-order valence-corrected chi connectivity index (χ1v) is 8.86. The molecule has 1 fully saturated rings. The van der Waals surface area contributed by atoms with E-state index >= 15 is 0 Å². The fourth-order valence-electron chi connectivity index (χ4n) is 3.26. The molecule has 0 aliphatic carbocycles. The number of carbonyl (C=O) groups is 2. The minimum Gasteiger partial charge on any atom is -0.358 e. The highest BCUT2D eigenvalue weighted by atomic mass is 16.2. The summed E-state index contributed by atoms with van der Waals surface area (Å²) in [5.74, 6) is 0.880. The van der Waals surface area contributed by atoms with Gasteiger partial charge >= 0.3 is 0 Å². The SMILES string of the molecule is CNC(=O)[C@H]1CN(C(=O)CCn2ccnc2-c2ccccc2)CCN1C. The molecule has 1 aromatic carbocycles. The normalized spacial score (nSPS) is 17.9. The van der Waals surface area contributed by atoms with Crippen molar-refractivity contribution >= 4 is 11.8 Å². The van der Waals surface area contributed by atoms with Gasteiger partial charge in [-0.3, -0.25) is 14.5 Å². The predicted molar refractivity (Wildman–Crippen MR) is 99.3 cm³/mol. The fraction of sp³-hybridized carbons (Fsp3) is 0.421. The molecule has 26 heavy (non-hydrogen) atoms. The molecule has 7 nitrogen and oxygen atoms in total. The van der Waals surface area contributed by atoms with Gasteiger partial charge in [-0.15, -0.1) is 0 Å². The summed E-state index contributed by atoms with van der Waals surface area (Å²) in [6.07, 6.45) is 4.04. The molecule has 0 radical (unpaired) electrons. The van der Waals surface area contributed by atoms with E-state index in [9.17, 15) is 9.59 Å². The van der Waals surface area contributed by atoms with Gasteiger partial charge in [0, 0.05) is 57.6 Å². The summed E-state index contributed by atoms with van der Waals surface area (Å²) in [7, 11) is 3.54. The fourth-order valence-corrected chi connectivity index (χ4v) is 3.26. The van der Waals surface area contributed by atoms with Crippen LogP contribution < -0.4 is 5.32 Å². The van der Waals surface area contributed by atoms with Crippen molar-refractivity contribution in [1.82, 2.24) is 24.7 Å². The van der Waals surface area contributed by atoms with E-state index in [0.29, 0.717) is 32.6 Å². The van der Waals surface area contributed by atoms with Crippen molar-refractivity contribution in [3.05, 3.63) is 42.7 Å². The number of benzene rings is 1. The highest BCUT2D eigenvalue weighted by molar-refractivity contribution is 5.83. The molecule has 1 saturated heterocycles. The van der Waals surface area contributed by atoms with E-state index < -0.39 is 0 Å². The third kappa shape index (κ3) is 3.94. The van der Waals surface area contributed by atoms with E-state index in [1.54, 1.807) is 18.1 Å². The summed E-state index contributed by atoms with van der Waals surface area (Å²) in [6, 6.07) is 9.65. The van der Waals surface area contributed by atoms with Crippen molar-refractivity contribution in [1.29, 1.82) is 0 Å². The molecular formula is C19H25N5O2. The van der Waals surface area contributed by atoms with Crippen LogP contribution in [-0.2, 0) is 16.1 Å². The zero-order valence-corrected chi connectivity index (χ0v) is 15.3. The summed E-state index contributed by atoms with van der Waals surface area (Å²) >= 11 is 0. The molecule has 0 spiro atoms. The monoisotopic (exact) mass is 355 g/mol. The Morgan fingerprint density at radius 2 is 2.00 bits per heavy atom. The van der Waals surface area contributed by atoms with Gasteiger partial charge in [-0.2, -0.15) is 0 Å². The number of hydrogen-bond acceptors (Lipinski definition) is 4. The minimum atomic E-state index is -0.286. The first-order chi connectivity index (χ1) is 12.6. The lowest BCUT2D eigenvalue weighted by atomic mass is 10.1. The zero-order chi connectivity index (χ0) is 18.5. The van der Waals surface area contributed by atoms with Crippen LogP contribution in [0.25, 0.3) is 11.4 Å². The van der Waals surface area contributed by atoms with E-state index in [1.807, 2.05) is 53.0 Å². The van der Waals surface area contributed by atoms with E-state index in [4.69, 9.17) is 0 Å². The lowest BCUT2D eigenvalue weighted by Gasteiger charge is -2.38. The van der Waals surface area contributed by atoms with E-state index in [1.165, 1.54) is 0 Å². The molecule has 2 aromatic rings. The van der Waals surface area contributed by atoms with Crippen molar-refractivity contribution in [2.24, 2.45) is 0 Å². The number of hydrogen-bond donors (Lipinski definition) is 1. The number of likely N-dealkylation sites (N-methyl/N-ethyl adjacent to an activating group) is 2. The number of nitrogens with one attached hydrogen (secondary N) is 1. The van der Waals surface area contributed by atoms with Gasteiger partial charge in [-0.25, -0.2) is 4.98 Å². The molecule has 0 bridgehead atoms. The molecule has 3 rings (SSSR count). The van der Waals surface area contributed by atoms with Crippen LogP contribution in [-0.4, -0.2) is 70.9 Å². The van der Waals surface area contributed by atoms with Gasteiger partial charge in [-0.05, 0) is 7.05 Å². The van der Waals surface area contributed by atoms with Gasteiger partial charge in [0.1, 0.15) is 11.9 Å². The second-order valence-corrected chi connectivity index (χ2v) is 6.51. The Morgan fingerprint density at radius 3 is 2.73 bits per heavy atom. The van der Waals surface area contributed by atoms with Crippen LogP contribution in [0.4, 0.5) is 0 Å². The first kappa shape index (κ1) is 18.1. The van der Waals surface area contributed by atoms with Crippen LogP contribution in [0.1, 0.15) is 6.42 Å². The third-order valence-electron chi connectivity index (χ3n) is 4.86. The number of nitrogens with zero attached hydrogens (tertiary/aromatic N) is 4. The molecule has 1 aliphatic heterocycles. The Labute approximate surface area is 153 Å². The topological polar surface area (TPSA) is 70.5 Å². The number of aryl methyl sites for hydroxylation is 1. The summed E-state index contributed by atoms with van der Waals surface area (Å²) < 4.78 is 2.00. The van der Waals surface area contributed by atoms with Crippen LogP contribution in [0.5, 0.6) is 0 Å². The van der Waals surface area contributed by atoms with Gasteiger partial charge < -0.3 is 14.8 Å². The van der Waals surface area contributed by atoms with Gasteiger partial charge in [0.25, 0.3) is 0 Å². The van der Waals surface area contributed by atoms with Crippen LogP contribution in [0.3, 0.4) is 0 Å². The largest absolute Gasteiger partial charge is 0.358 e. The lowest BCUT2D eigenvalue weighted by molar-refractivity contribution is -0.137. The van der Waals surface area contributed by atoms with Gasteiger partial charge in [-0.1, -0.05) is 30.3 Å². The Bertz CT molecular complexity index is 758. The van der Waals surface area contributed by atoms with Crippen molar-refractivity contribution in [3.63, 3.8) is 0 Å². The average Bonchev–Trinajstić information content (AvgIpc) is 3.15. The summed E-state index contributed by atoms with van der Waals surface area (Å²) in [5, 5.41) is 2.67. The van der Waals surface area contributed by atoms with E-state index in [2.05, 4.69) is 10.3 Å². The summed E-state index contributed by atoms with van der Waals surface area (Å²) in [5.41, 5.74) is 1.03. The maximum absolute atomic E-state index is 12.6. The Kier molecular flexibility index (Phi) is 5.68. The summed E-state index contributed by atoms with van der Waals surface area (Å²) in [6.45, 7) is 2.35. The number of imidazole rings is 1. The Balaban J connectivity index is 1.61. The van der Waals surface area contributed by atoms with Gasteiger partial charge in [0.2, 0.25) is 11.8 Å². The number of carbonyl (C=O) groups excluding carboxylic acids is 2. The molecule has 1 atom stereocenters. The molecule has 0 saturated carbocycles. The highest BCUT2D eigenvalue weighted by Gasteiger charge is 2.31. The van der Waals surface area contributed by atoms with E-state index in [-0.39, 0.29) is 17.9 Å². The molecule has 1 aromatic heterocycles. The second kappa shape index (κ2) is 8.14. The van der Waals surface area contributed by atoms with Crippen molar-refractivity contribution in [2.75, 3.05) is 33.7 Å². The molecule has 1 aliphatic rings. The van der Waals surface area contributed by atoms with E-state index in [0.717, 1.165) is 11.4 Å². The highest BCUT2D eigenvalue weighted by Crippen LogP contribution is 2.17. The van der Waals surface area contributed by atoms with Crippen LogP contribution in [0, 0.1) is 0 Å². The molecule has 1 N–H and O–H groups in total. The van der Waals surface area contributed by atoms with Crippen LogP contribution in [0.15, 0.2) is 42.7 Å². The van der Waals surface area contributed by atoms with Crippen molar-refractivity contribution < 1.29 is 9.59 Å². The number of rotatable bonds is 5. The number of piperazine rings is 1. The molecular weight excluding hydrogens is 330 g/mol. The summed E-state index contributed by atoms with van der Waals surface area (Å²) in [4.78, 5) is 32.8. The average molecular weight is 355 g/mol. The molecule has 0 unspecified atom stereocenters. The minimum absolute atomic E-state index is 0.0500.